The van der Waals surface area contributed by atoms with Crippen LogP contribution in [0.5, 0.6) is 0 Å². The first-order valence-corrected chi connectivity index (χ1v) is 19.8. The maximum atomic E-state index is 2.43. The molecule has 1 aromatic heterocycles. The predicted molar refractivity (Wildman–Crippen MR) is 241 cm³/mol. The van der Waals surface area contributed by atoms with Gasteiger partial charge in [-0.05, 0) is 128 Å². The molecule has 55 heavy (non-hydrogen) atoms. The van der Waals surface area contributed by atoms with Crippen LogP contribution in [0.4, 0.5) is 0 Å². The summed E-state index contributed by atoms with van der Waals surface area (Å²) in [7, 11) is 0. The molecule has 12 rings (SSSR count). The molecule has 0 spiro atoms. The SMILES string of the molecule is c1cc(-c2ccc3c(c2)c2ccccc2c2cc4c(cc32)sc2ccccc24)cc(-c2c3ccccc3c(-c3cccc4ccccc34)c3ccccc23)c1. The van der Waals surface area contributed by atoms with Gasteiger partial charge in [0.05, 0.1) is 0 Å². The molecule has 1 heterocycles. The molecule has 0 radical (unpaired) electrons. The normalized spacial score (nSPS) is 12.0. The molecule has 0 saturated carbocycles. The minimum Gasteiger partial charge on any atom is -0.135 e. The molecule has 11 aromatic carbocycles. The Balaban J connectivity index is 1.08. The lowest BCUT2D eigenvalue weighted by Crippen LogP contribution is -1.92. The van der Waals surface area contributed by atoms with E-state index in [0.29, 0.717) is 0 Å². The van der Waals surface area contributed by atoms with E-state index in [2.05, 4.69) is 194 Å². The molecule has 0 atom stereocenters. The number of benzene rings is 11. The van der Waals surface area contributed by atoms with Gasteiger partial charge in [-0.2, -0.15) is 0 Å². The third kappa shape index (κ3) is 4.57. The second kappa shape index (κ2) is 11.9. The molecule has 0 saturated heterocycles. The van der Waals surface area contributed by atoms with Crippen molar-refractivity contribution in [3.8, 4) is 33.4 Å². The molecule has 0 amide bonds. The van der Waals surface area contributed by atoms with E-state index in [-0.39, 0.29) is 0 Å². The standard InChI is InChI=1S/C54H32S/c1-2-17-37-33(13-1)14-12-25-42(37)54-45-23-7-5-21-43(45)53(44-22-6-8-24-46(44)54)36-16-11-15-34(29-36)35-27-28-40-47(30-35)38-18-3-4-19-39(38)48-31-50-41-20-9-10-26-51(41)55-52(50)32-49(40)48/h1-32H. The minimum atomic E-state index is 1.22. The van der Waals surface area contributed by atoms with Crippen LogP contribution in [0.3, 0.4) is 0 Å². The fourth-order valence-electron chi connectivity index (χ4n) is 9.38. The average Bonchev–Trinajstić information content (AvgIpc) is 3.62. The van der Waals surface area contributed by atoms with Crippen LogP contribution in [0.1, 0.15) is 0 Å². The zero-order chi connectivity index (χ0) is 36.0. The highest BCUT2D eigenvalue weighted by Gasteiger charge is 2.19. The Morgan fingerprint density at radius 3 is 1.49 bits per heavy atom. The summed E-state index contributed by atoms with van der Waals surface area (Å²) in [5.41, 5.74) is 7.52. The lowest BCUT2D eigenvalue weighted by atomic mass is 9.84. The fourth-order valence-corrected chi connectivity index (χ4v) is 10.5. The summed E-state index contributed by atoms with van der Waals surface area (Å²) >= 11 is 1.89. The number of rotatable bonds is 3. The smallest absolute Gasteiger partial charge is 0.0362 e. The van der Waals surface area contributed by atoms with Gasteiger partial charge in [0.1, 0.15) is 0 Å². The van der Waals surface area contributed by atoms with E-state index in [0.717, 1.165) is 0 Å². The molecule has 12 aromatic rings. The first-order valence-electron chi connectivity index (χ1n) is 19.0. The number of hydrogen-bond acceptors (Lipinski definition) is 1. The topological polar surface area (TPSA) is 0 Å². The maximum absolute atomic E-state index is 2.43. The first kappa shape index (κ1) is 30.6. The second-order valence-electron chi connectivity index (χ2n) is 14.7. The number of hydrogen-bond donors (Lipinski definition) is 0. The van der Waals surface area contributed by atoms with Gasteiger partial charge in [0.15, 0.2) is 0 Å². The van der Waals surface area contributed by atoms with Crippen molar-refractivity contribution in [2.24, 2.45) is 0 Å². The molecule has 0 aliphatic rings. The van der Waals surface area contributed by atoms with Crippen LogP contribution in [0, 0.1) is 0 Å². The van der Waals surface area contributed by atoms with Crippen LogP contribution in [-0.4, -0.2) is 0 Å². The Labute approximate surface area is 322 Å². The van der Waals surface area contributed by atoms with Crippen LogP contribution in [0.15, 0.2) is 194 Å². The summed E-state index contributed by atoms with van der Waals surface area (Å²) in [4.78, 5) is 0. The van der Waals surface area contributed by atoms with Crippen LogP contribution in [0.2, 0.25) is 0 Å². The van der Waals surface area contributed by atoms with E-state index >= 15 is 0 Å². The van der Waals surface area contributed by atoms with Gasteiger partial charge in [0.25, 0.3) is 0 Å². The van der Waals surface area contributed by atoms with Gasteiger partial charge in [0.2, 0.25) is 0 Å². The summed E-state index contributed by atoms with van der Waals surface area (Å²) < 4.78 is 2.68. The zero-order valence-corrected chi connectivity index (χ0v) is 30.7. The highest BCUT2D eigenvalue weighted by molar-refractivity contribution is 7.25. The van der Waals surface area contributed by atoms with Gasteiger partial charge in [0, 0.05) is 20.2 Å². The van der Waals surface area contributed by atoms with Crippen molar-refractivity contribution in [2.75, 3.05) is 0 Å². The summed E-state index contributed by atoms with van der Waals surface area (Å²) in [6.07, 6.45) is 0. The highest BCUT2D eigenvalue weighted by atomic mass is 32.1. The van der Waals surface area contributed by atoms with Crippen LogP contribution in [-0.2, 0) is 0 Å². The Kier molecular flexibility index (Phi) is 6.60. The van der Waals surface area contributed by atoms with Crippen LogP contribution < -0.4 is 0 Å². The van der Waals surface area contributed by atoms with Crippen molar-refractivity contribution in [1.29, 1.82) is 0 Å². The van der Waals surface area contributed by atoms with E-state index < -0.39 is 0 Å². The van der Waals surface area contributed by atoms with E-state index in [1.165, 1.54) is 118 Å². The summed E-state index contributed by atoms with van der Waals surface area (Å²) in [6, 6.07) is 72.3. The van der Waals surface area contributed by atoms with E-state index in [1.54, 1.807) is 0 Å². The maximum Gasteiger partial charge on any atom is 0.0362 e. The van der Waals surface area contributed by atoms with Gasteiger partial charge in [-0.1, -0.05) is 164 Å². The van der Waals surface area contributed by atoms with Gasteiger partial charge < -0.3 is 0 Å². The predicted octanol–water partition coefficient (Wildman–Crippen LogP) is 16.0. The second-order valence-corrected chi connectivity index (χ2v) is 15.8. The molecule has 254 valence electrons. The van der Waals surface area contributed by atoms with Crippen molar-refractivity contribution in [3.05, 3.63) is 194 Å². The van der Waals surface area contributed by atoms with Crippen LogP contribution in [0.25, 0.3) is 118 Å². The molecule has 0 N–H and O–H groups in total. The molecular formula is C54H32S. The summed E-state index contributed by atoms with van der Waals surface area (Å²) in [6.45, 7) is 0. The molecule has 0 bridgehead atoms. The monoisotopic (exact) mass is 712 g/mol. The van der Waals surface area contributed by atoms with E-state index in [1.807, 2.05) is 11.3 Å². The lowest BCUT2D eigenvalue weighted by molar-refractivity contribution is 1.63. The molecule has 0 unspecified atom stereocenters. The largest absolute Gasteiger partial charge is 0.135 e. The Morgan fingerprint density at radius 1 is 0.236 bits per heavy atom. The quantitative estimate of drug-likeness (QED) is 0.126. The Hall–Kier alpha value is -6.80. The van der Waals surface area contributed by atoms with Crippen molar-refractivity contribution in [3.63, 3.8) is 0 Å². The molecule has 0 aliphatic heterocycles. The third-order valence-corrected chi connectivity index (χ3v) is 12.9. The summed E-state index contributed by atoms with van der Waals surface area (Å²) in [5.74, 6) is 0. The average molecular weight is 713 g/mol. The van der Waals surface area contributed by atoms with E-state index in [4.69, 9.17) is 0 Å². The highest BCUT2D eigenvalue weighted by Crippen LogP contribution is 2.47. The minimum absolute atomic E-state index is 1.22. The molecule has 0 aliphatic carbocycles. The summed E-state index contributed by atoms with van der Waals surface area (Å²) in [5, 5.41) is 18.1. The third-order valence-electron chi connectivity index (χ3n) is 11.8. The first-order chi connectivity index (χ1) is 27.3. The molecular weight excluding hydrogens is 681 g/mol. The Bertz CT molecular complexity index is 3490. The lowest BCUT2D eigenvalue weighted by Gasteiger charge is -2.19. The zero-order valence-electron chi connectivity index (χ0n) is 29.9. The van der Waals surface area contributed by atoms with Crippen molar-refractivity contribution >= 4 is 96.1 Å². The molecule has 1 heteroatoms. The van der Waals surface area contributed by atoms with Gasteiger partial charge in [-0.15, -0.1) is 11.3 Å². The van der Waals surface area contributed by atoms with Crippen molar-refractivity contribution in [1.82, 2.24) is 0 Å². The van der Waals surface area contributed by atoms with Crippen LogP contribution >= 0.6 is 11.3 Å². The van der Waals surface area contributed by atoms with Gasteiger partial charge in [-0.3, -0.25) is 0 Å². The van der Waals surface area contributed by atoms with Gasteiger partial charge in [-0.25, -0.2) is 0 Å². The van der Waals surface area contributed by atoms with Gasteiger partial charge >= 0.3 is 0 Å². The van der Waals surface area contributed by atoms with Crippen molar-refractivity contribution < 1.29 is 0 Å². The molecule has 0 fully saturated rings. The number of fused-ring (bicyclic) bond motifs is 12. The van der Waals surface area contributed by atoms with E-state index in [9.17, 15) is 0 Å². The van der Waals surface area contributed by atoms with Crippen molar-refractivity contribution in [2.45, 2.75) is 0 Å². The molecule has 0 nitrogen and oxygen atoms in total. The fraction of sp³-hybridized carbons (Fsp3) is 0. The Morgan fingerprint density at radius 2 is 0.745 bits per heavy atom. The number of thiophene rings is 1.